The molecule has 0 spiro atoms. The van der Waals surface area contributed by atoms with Gasteiger partial charge in [-0.05, 0) is 37.8 Å². The number of aryl methyl sites for hydroxylation is 2. The monoisotopic (exact) mass is 333 g/mol. The van der Waals surface area contributed by atoms with Gasteiger partial charge in [0.2, 0.25) is 0 Å². The summed E-state index contributed by atoms with van der Waals surface area (Å²) in [7, 11) is 0. The number of carbonyl (C=O) groups is 2. The molecule has 1 amide bonds. The second-order valence-electron chi connectivity index (χ2n) is 5.80. The molecule has 23 heavy (non-hydrogen) atoms. The zero-order valence-corrected chi connectivity index (χ0v) is 13.9. The summed E-state index contributed by atoms with van der Waals surface area (Å²) in [5.74, 6) is -1.26. The van der Waals surface area contributed by atoms with Crippen molar-refractivity contribution in [2.24, 2.45) is 0 Å². The molecule has 7 heteroatoms. The predicted octanol–water partition coefficient (Wildman–Crippen LogP) is 2.44. The van der Waals surface area contributed by atoms with Gasteiger partial charge in [-0.1, -0.05) is 6.92 Å². The Morgan fingerprint density at radius 1 is 1.52 bits per heavy atom. The van der Waals surface area contributed by atoms with Crippen molar-refractivity contribution < 1.29 is 14.7 Å². The number of fused-ring (bicyclic) bond motifs is 1. The van der Waals surface area contributed by atoms with Crippen molar-refractivity contribution in [1.82, 2.24) is 9.88 Å². The maximum absolute atomic E-state index is 12.8. The SMILES string of the molecule is CCc1nc2sc(C(=O)N3CCC[C@H]3C(=O)O)c(N)c2cc1C. The first-order valence-electron chi connectivity index (χ1n) is 7.66. The molecule has 6 nitrogen and oxygen atoms in total. The van der Waals surface area contributed by atoms with Gasteiger partial charge in [0, 0.05) is 17.6 Å². The van der Waals surface area contributed by atoms with E-state index in [1.54, 1.807) is 0 Å². The Morgan fingerprint density at radius 3 is 2.91 bits per heavy atom. The molecule has 0 radical (unpaired) electrons. The average molecular weight is 333 g/mol. The molecule has 3 rings (SSSR count). The summed E-state index contributed by atoms with van der Waals surface area (Å²) in [5, 5.41) is 10.0. The molecule has 0 aromatic carbocycles. The quantitative estimate of drug-likeness (QED) is 0.899. The number of nitrogens with zero attached hydrogens (tertiary/aromatic N) is 2. The molecular formula is C16H19N3O3S. The van der Waals surface area contributed by atoms with Gasteiger partial charge in [-0.3, -0.25) is 4.79 Å². The minimum atomic E-state index is -0.960. The van der Waals surface area contributed by atoms with Crippen LogP contribution in [0.15, 0.2) is 6.07 Å². The molecule has 2 aromatic heterocycles. The first-order valence-corrected chi connectivity index (χ1v) is 8.48. The lowest BCUT2D eigenvalue weighted by atomic mass is 10.1. The largest absolute Gasteiger partial charge is 0.480 e. The second kappa shape index (κ2) is 5.81. The van der Waals surface area contributed by atoms with E-state index in [4.69, 9.17) is 5.73 Å². The lowest BCUT2D eigenvalue weighted by Gasteiger charge is -2.20. The highest BCUT2D eigenvalue weighted by Crippen LogP contribution is 2.35. The normalized spacial score (nSPS) is 17.8. The van der Waals surface area contributed by atoms with Crippen molar-refractivity contribution in [3.05, 3.63) is 22.2 Å². The van der Waals surface area contributed by atoms with E-state index < -0.39 is 12.0 Å². The lowest BCUT2D eigenvalue weighted by molar-refractivity contribution is -0.141. The molecule has 0 unspecified atom stereocenters. The molecule has 2 aromatic rings. The Balaban J connectivity index is 2.04. The zero-order chi connectivity index (χ0) is 16.7. The fourth-order valence-corrected chi connectivity index (χ4v) is 4.14. The number of nitrogens with two attached hydrogens (primary N) is 1. The minimum absolute atomic E-state index is 0.300. The van der Waals surface area contributed by atoms with Gasteiger partial charge in [-0.25, -0.2) is 9.78 Å². The van der Waals surface area contributed by atoms with E-state index in [0.717, 1.165) is 27.9 Å². The standard InChI is InChI=1S/C16H19N3O3S/c1-3-10-8(2)7-9-12(17)13(23-14(9)18-10)15(20)19-6-4-5-11(19)16(21)22/h7,11H,3-6,17H2,1-2H3,(H,21,22)/t11-/m0/s1. The average Bonchev–Trinajstić information content (AvgIpc) is 3.12. The molecule has 3 N–H and O–H groups in total. The van der Waals surface area contributed by atoms with Gasteiger partial charge in [0.05, 0.1) is 5.69 Å². The Labute approximate surface area is 137 Å². The molecule has 0 saturated carbocycles. The Hall–Kier alpha value is -2.15. The van der Waals surface area contributed by atoms with Crippen LogP contribution in [0.2, 0.25) is 0 Å². The number of amides is 1. The third-order valence-electron chi connectivity index (χ3n) is 4.34. The Bertz CT molecular complexity index is 799. The van der Waals surface area contributed by atoms with Crippen LogP contribution in [0.5, 0.6) is 0 Å². The van der Waals surface area contributed by atoms with Crippen molar-refractivity contribution in [3.63, 3.8) is 0 Å². The highest BCUT2D eigenvalue weighted by Gasteiger charge is 2.36. The van der Waals surface area contributed by atoms with E-state index in [2.05, 4.69) is 4.98 Å². The van der Waals surface area contributed by atoms with Gasteiger partial charge in [0.1, 0.15) is 15.7 Å². The first kappa shape index (κ1) is 15.7. The number of anilines is 1. The van der Waals surface area contributed by atoms with Crippen LogP contribution in [0.4, 0.5) is 5.69 Å². The minimum Gasteiger partial charge on any atom is -0.480 e. The smallest absolute Gasteiger partial charge is 0.326 e. The summed E-state index contributed by atoms with van der Waals surface area (Å²) in [4.78, 5) is 31.2. The van der Waals surface area contributed by atoms with Gasteiger partial charge >= 0.3 is 5.97 Å². The summed E-state index contributed by atoms with van der Waals surface area (Å²) in [5.41, 5.74) is 8.61. The van der Waals surface area contributed by atoms with E-state index in [-0.39, 0.29) is 5.91 Å². The van der Waals surface area contributed by atoms with Crippen molar-refractivity contribution in [3.8, 4) is 0 Å². The van der Waals surface area contributed by atoms with Crippen LogP contribution in [0.3, 0.4) is 0 Å². The van der Waals surface area contributed by atoms with Gasteiger partial charge < -0.3 is 15.7 Å². The molecule has 1 aliphatic heterocycles. The number of hydrogen-bond donors (Lipinski definition) is 2. The molecule has 3 heterocycles. The summed E-state index contributed by atoms with van der Waals surface area (Å²) in [6.45, 7) is 4.47. The number of carboxylic acid groups (broad SMARTS) is 1. The number of hydrogen-bond acceptors (Lipinski definition) is 5. The Morgan fingerprint density at radius 2 is 2.26 bits per heavy atom. The number of rotatable bonds is 3. The van der Waals surface area contributed by atoms with Crippen LogP contribution in [0.1, 0.15) is 40.7 Å². The van der Waals surface area contributed by atoms with Crippen molar-refractivity contribution in [1.29, 1.82) is 0 Å². The van der Waals surface area contributed by atoms with Crippen LogP contribution >= 0.6 is 11.3 Å². The van der Waals surface area contributed by atoms with E-state index in [9.17, 15) is 14.7 Å². The van der Waals surface area contributed by atoms with E-state index in [1.165, 1.54) is 16.2 Å². The number of aliphatic carboxylic acids is 1. The summed E-state index contributed by atoms with van der Waals surface area (Å²) < 4.78 is 0. The zero-order valence-electron chi connectivity index (χ0n) is 13.1. The fourth-order valence-electron chi connectivity index (χ4n) is 3.09. The van der Waals surface area contributed by atoms with Crippen LogP contribution in [-0.4, -0.2) is 39.5 Å². The third kappa shape index (κ3) is 2.55. The van der Waals surface area contributed by atoms with Crippen molar-refractivity contribution >= 4 is 39.1 Å². The fraction of sp³-hybridized carbons (Fsp3) is 0.438. The summed E-state index contributed by atoms with van der Waals surface area (Å²) >= 11 is 1.25. The number of carbonyl (C=O) groups excluding carboxylic acids is 1. The molecule has 0 aliphatic carbocycles. The molecule has 0 bridgehead atoms. The lowest BCUT2D eigenvalue weighted by Crippen LogP contribution is -2.40. The molecular weight excluding hydrogens is 314 g/mol. The van der Waals surface area contributed by atoms with Crippen LogP contribution in [-0.2, 0) is 11.2 Å². The number of likely N-dealkylation sites (tertiary alicyclic amines) is 1. The van der Waals surface area contributed by atoms with Gasteiger partial charge in [0.15, 0.2) is 0 Å². The maximum atomic E-state index is 12.8. The van der Waals surface area contributed by atoms with E-state index >= 15 is 0 Å². The van der Waals surface area contributed by atoms with Gasteiger partial charge in [-0.2, -0.15) is 0 Å². The van der Waals surface area contributed by atoms with Gasteiger partial charge in [-0.15, -0.1) is 11.3 Å². The highest BCUT2D eigenvalue weighted by atomic mass is 32.1. The van der Waals surface area contributed by atoms with Crippen LogP contribution < -0.4 is 5.73 Å². The molecule has 1 atom stereocenters. The molecule has 1 fully saturated rings. The Kier molecular flexibility index (Phi) is 3.97. The number of carboxylic acids is 1. The van der Waals surface area contributed by atoms with E-state index in [0.29, 0.717) is 30.0 Å². The summed E-state index contributed by atoms with van der Waals surface area (Å²) in [6.07, 6.45) is 2.00. The van der Waals surface area contributed by atoms with Crippen LogP contribution in [0, 0.1) is 6.92 Å². The third-order valence-corrected chi connectivity index (χ3v) is 5.45. The number of aromatic nitrogens is 1. The predicted molar refractivity (Wildman–Crippen MR) is 89.8 cm³/mol. The first-order chi connectivity index (χ1) is 10.9. The molecule has 122 valence electrons. The topological polar surface area (TPSA) is 96.5 Å². The van der Waals surface area contributed by atoms with Gasteiger partial charge in [0.25, 0.3) is 5.91 Å². The number of nitrogen functional groups attached to an aromatic ring is 1. The van der Waals surface area contributed by atoms with Crippen LogP contribution in [0.25, 0.3) is 10.2 Å². The van der Waals surface area contributed by atoms with Crippen molar-refractivity contribution in [2.45, 2.75) is 39.2 Å². The van der Waals surface area contributed by atoms with E-state index in [1.807, 2.05) is 19.9 Å². The number of thiophene rings is 1. The summed E-state index contributed by atoms with van der Waals surface area (Å²) in [6, 6.07) is 1.20. The van der Waals surface area contributed by atoms with Crippen molar-refractivity contribution in [2.75, 3.05) is 12.3 Å². The number of pyridine rings is 1. The highest BCUT2D eigenvalue weighted by molar-refractivity contribution is 7.21. The molecule has 1 saturated heterocycles. The molecule has 1 aliphatic rings. The maximum Gasteiger partial charge on any atom is 0.326 e. The second-order valence-corrected chi connectivity index (χ2v) is 6.80.